The van der Waals surface area contributed by atoms with Gasteiger partial charge >= 0.3 is 6.03 Å². The van der Waals surface area contributed by atoms with E-state index in [0.29, 0.717) is 6.54 Å². The molecule has 7 heteroatoms. The molecule has 0 aliphatic carbocycles. The van der Waals surface area contributed by atoms with E-state index in [1.165, 1.54) is 0 Å². The van der Waals surface area contributed by atoms with Crippen molar-refractivity contribution in [1.82, 2.24) is 20.4 Å². The van der Waals surface area contributed by atoms with E-state index >= 15 is 0 Å². The smallest absolute Gasteiger partial charge is 0.315 e. The highest BCUT2D eigenvalue weighted by Crippen LogP contribution is 2.12. The number of nitrogens with zero attached hydrogens (tertiary/aromatic N) is 2. The highest BCUT2D eigenvalue weighted by molar-refractivity contribution is 5.91. The summed E-state index contributed by atoms with van der Waals surface area (Å²) in [5.41, 5.74) is 3.75. The van der Waals surface area contributed by atoms with E-state index < -0.39 is 0 Å². The van der Waals surface area contributed by atoms with Crippen molar-refractivity contribution in [3.63, 3.8) is 0 Å². The van der Waals surface area contributed by atoms with Crippen molar-refractivity contribution in [1.29, 1.82) is 0 Å². The number of aryl methyl sites for hydroxylation is 2. The Bertz CT molecular complexity index is 725. The molecule has 0 radical (unpaired) electrons. The molecule has 0 aliphatic heterocycles. The van der Waals surface area contributed by atoms with Gasteiger partial charge in [0.1, 0.15) is 0 Å². The molecule has 0 bridgehead atoms. The van der Waals surface area contributed by atoms with Crippen molar-refractivity contribution >= 4 is 17.6 Å². The highest BCUT2D eigenvalue weighted by Gasteiger charge is 2.11. The van der Waals surface area contributed by atoms with Crippen molar-refractivity contribution in [2.24, 2.45) is 0 Å². The van der Waals surface area contributed by atoms with Gasteiger partial charge in [0.05, 0.1) is 5.69 Å². The summed E-state index contributed by atoms with van der Waals surface area (Å²) in [6, 6.07) is 8.93. The van der Waals surface area contributed by atoms with Crippen molar-refractivity contribution in [3.05, 3.63) is 47.3 Å². The summed E-state index contributed by atoms with van der Waals surface area (Å²) in [6.45, 7) is 7.45. The fourth-order valence-electron chi connectivity index (χ4n) is 2.56. The first-order chi connectivity index (χ1) is 12.0. The van der Waals surface area contributed by atoms with Crippen molar-refractivity contribution < 1.29 is 9.59 Å². The van der Waals surface area contributed by atoms with Gasteiger partial charge in [-0.1, -0.05) is 18.2 Å². The van der Waals surface area contributed by atoms with Crippen LogP contribution in [0.15, 0.2) is 30.3 Å². The van der Waals surface area contributed by atoms with E-state index in [9.17, 15) is 9.59 Å². The zero-order valence-electron chi connectivity index (χ0n) is 14.9. The molecular formula is C18H25N5O2. The van der Waals surface area contributed by atoms with Gasteiger partial charge in [-0.2, -0.15) is 5.10 Å². The average Bonchev–Trinajstić information content (AvgIpc) is 2.87. The first-order valence-electron chi connectivity index (χ1n) is 8.40. The quantitative estimate of drug-likeness (QED) is 0.721. The minimum Gasteiger partial charge on any atom is -0.338 e. The fraction of sp³-hybridized carbons (Fsp3) is 0.389. The Balaban J connectivity index is 1.71. The molecule has 2 rings (SSSR count). The van der Waals surface area contributed by atoms with Gasteiger partial charge in [0.25, 0.3) is 0 Å². The Labute approximate surface area is 147 Å². The lowest BCUT2D eigenvalue weighted by atomic mass is 10.2. The van der Waals surface area contributed by atoms with Crippen LogP contribution in [0.4, 0.5) is 10.5 Å². The van der Waals surface area contributed by atoms with E-state index in [2.05, 4.69) is 21.0 Å². The maximum absolute atomic E-state index is 11.9. The Morgan fingerprint density at radius 2 is 1.84 bits per heavy atom. The summed E-state index contributed by atoms with van der Waals surface area (Å²) in [5, 5.41) is 12.7. The first-order valence-corrected chi connectivity index (χ1v) is 8.40. The van der Waals surface area contributed by atoms with Gasteiger partial charge in [-0.3, -0.25) is 9.48 Å². The summed E-state index contributed by atoms with van der Waals surface area (Å²) in [4.78, 5) is 23.7. The molecule has 0 fully saturated rings. The third kappa shape index (κ3) is 5.34. The van der Waals surface area contributed by atoms with E-state index in [1.54, 1.807) is 0 Å². The van der Waals surface area contributed by atoms with Crippen LogP contribution in [0.3, 0.4) is 0 Å². The number of amides is 3. The summed E-state index contributed by atoms with van der Waals surface area (Å²) in [6.07, 6.45) is 0.216. The van der Waals surface area contributed by atoms with E-state index in [4.69, 9.17) is 0 Å². The first kappa shape index (κ1) is 18.5. The molecule has 25 heavy (non-hydrogen) atoms. The maximum Gasteiger partial charge on any atom is 0.315 e. The van der Waals surface area contributed by atoms with Gasteiger partial charge < -0.3 is 16.0 Å². The van der Waals surface area contributed by atoms with Crippen LogP contribution in [0, 0.1) is 13.8 Å². The van der Waals surface area contributed by atoms with Gasteiger partial charge in [-0.25, -0.2) is 4.79 Å². The zero-order chi connectivity index (χ0) is 18.2. The third-order valence-corrected chi connectivity index (χ3v) is 3.95. The molecule has 1 aromatic heterocycles. The van der Waals surface area contributed by atoms with Crippen LogP contribution in [0.2, 0.25) is 0 Å². The molecule has 1 aromatic carbocycles. The molecule has 0 saturated carbocycles. The molecular weight excluding hydrogens is 318 g/mol. The lowest BCUT2D eigenvalue weighted by Crippen LogP contribution is -2.36. The number of benzene rings is 1. The lowest BCUT2D eigenvalue weighted by molar-refractivity contribution is -0.116. The molecule has 0 aliphatic rings. The van der Waals surface area contributed by atoms with Crippen LogP contribution >= 0.6 is 0 Å². The number of urea groups is 1. The summed E-state index contributed by atoms with van der Waals surface area (Å²) < 4.78 is 1.91. The molecule has 0 unspecified atom stereocenters. The minimum atomic E-state index is -0.296. The van der Waals surface area contributed by atoms with Crippen LogP contribution in [0.5, 0.6) is 0 Å². The molecule has 0 saturated heterocycles. The van der Waals surface area contributed by atoms with Gasteiger partial charge in [-0.05, 0) is 32.9 Å². The molecule has 134 valence electrons. The van der Waals surface area contributed by atoms with Crippen molar-refractivity contribution in [2.75, 3.05) is 11.9 Å². The van der Waals surface area contributed by atoms with Gasteiger partial charge in [0, 0.05) is 43.0 Å². The second kappa shape index (κ2) is 8.86. The monoisotopic (exact) mass is 343 g/mol. The molecule has 3 N–H and O–H groups in total. The average molecular weight is 343 g/mol. The van der Waals surface area contributed by atoms with Crippen LogP contribution in [-0.4, -0.2) is 28.3 Å². The number of para-hydroxylation sites is 1. The third-order valence-electron chi connectivity index (χ3n) is 3.95. The summed E-state index contributed by atoms with van der Waals surface area (Å²) in [5.74, 6) is -0.137. The molecule has 3 amide bonds. The maximum atomic E-state index is 11.9. The number of rotatable bonds is 7. The standard InChI is InChI=1S/C18H25N5O2/c1-4-23-14(3)16(13(2)22-23)12-20-18(25)19-11-10-17(24)21-15-8-6-5-7-9-15/h5-9H,4,10-12H2,1-3H3,(H,21,24)(H2,19,20,25). The van der Waals surface area contributed by atoms with Crippen LogP contribution in [-0.2, 0) is 17.9 Å². The normalized spacial score (nSPS) is 10.4. The number of carbonyl (C=O) groups is 2. The van der Waals surface area contributed by atoms with Gasteiger partial charge in [0.15, 0.2) is 0 Å². The van der Waals surface area contributed by atoms with Crippen LogP contribution in [0.25, 0.3) is 0 Å². The highest BCUT2D eigenvalue weighted by atomic mass is 16.2. The predicted octanol–water partition coefficient (Wildman–Crippen LogP) is 2.35. The van der Waals surface area contributed by atoms with Gasteiger partial charge in [-0.15, -0.1) is 0 Å². The Kier molecular flexibility index (Phi) is 6.56. The largest absolute Gasteiger partial charge is 0.338 e. The van der Waals surface area contributed by atoms with E-state index in [1.807, 2.05) is 55.8 Å². The summed E-state index contributed by atoms with van der Waals surface area (Å²) >= 11 is 0. The minimum absolute atomic E-state index is 0.137. The van der Waals surface area contributed by atoms with E-state index in [0.717, 1.165) is 29.2 Å². The number of hydrogen-bond acceptors (Lipinski definition) is 3. The van der Waals surface area contributed by atoms with Crippen molar-refractivity contribution in [2.45, 2.75) is 40.3 Å². The SMILES string of the molecule is CCn1nc(C)c(CNC(=O)NCCC(=O)Nc2ccccc2)c1C. The number of carbonyl (C=O) groups excluding carboxylic acids is 2. The molecule has 7 nitrogen and oxygen atoms in total. The molecule has 1 heterocycles. The molecule has 0 atom stereocenters. The Morgan fingerprint density at radius 3 is 2.48 bits per heavy atom. The lowest BCUT2D eigenvalue weighted by Gasteiger charge is -2.09. The predicted molar refractivity (Wildman–Crippen MR) is 97.3 cm³/mol. The zero-order valence-corrected chi connectivity index (χ0v) is 14.9. The molecule has 0 spiro atoms. The summed E-state index contributed by atoms with van der Waals surface area (Å²) in [7, 11) is 0. The van der Waals surface area contributed by atoms with Crippen LogP contribution < -0.4 is 16.0 Å². The van der Waals surface area contributed by atoms with Crippen molar-refractivity contribution in [3.8, 4) is 0 Å². The number of aromatic nitrogens is 2. The van der Waals surface area contributed by atoms with Gasteiger partial charge in [0.2, 0.25) is 5.91 Å². The second-order valence-corrected chi connectivity index (χ2v) is 5.74. The molecule has 2 aromatic rings. The van der Waals surface area contributed by atoms with E-state index in [-0.39, 0.29) is 24.9 Å². The number of hydrogen-bond donors (Lipinski definition) is 3. The topological polar surface area (TPSA) is 88.1 Å². The number of nitrogens with one attached hydrogen (secondary N) is 3. The second-order valence-electron chi connectivity index (χ2n) is 5.74. The van der Waals surface area contributed by atoms with Crippen LogP contribution in [0.1, 0.15) is 30.3 Å². The number of anilines is 1. The fourth-order valence-corrected chi connectivity index (χ4v) is 2.56. The Morgan fingerprint density at radius 1 is 1.12 bits per heavy atom. The Hall–Kier alpha value is -2.83.